The summed E-state index contributed by atoms with van der Waals surface area (Å²) in [6.45, 7) is 1.58. The van der Waals surface area contributed by atoms with Gasteiger partial charge in [-0.05, 0) is 41.5 Å². The number of hydrogen-bond acceptors (Lipinski definition) is 3. The standard InChI is InChI=1S/C22H19NO3/c24-22(16-10-11-17-13-25-14-19(17)12-16)23-21-9-5-4-6-18(21)15-26-20-7-2-1-3-8-20/h1-12H,13-15H2,(H,23,24). The van der Waals surface area contributed by atoms with Gasteiger partial charge in [-0.15, -0.1) is 0 Å². The van der Waals surface area contributed by atoms with Crippen LogP contribution in [0.25, 0.3) is 0 Å². The number of nitrogens with one attached hydrogen (secondary N) is 1. The number of anilines is 1. The van der Waals surface area contributed by atoms with Crippen molar-refractivity contribution in [3.8, 4) is 5.75 Å². The number of amides is 1. The molecule has 26 heavy (non-hydrogen) atoms. The van der Waals surface area contributed by atoms with Crippen LogP contribution in [0, 0.1) is 0 Å². The van der Waals surface area contributed by atoms with E-state index in [1.165, 1.54) is 0 Å². The number of hydrogen-bond donors (Lipinski definition) is 1. The second-order valence-electron chi connectivity index (χ2n) is 6.19. The van der Waals surface area contributed by atoms with Crippen LogP contribution in [0.15, 0.2) is 72.8 Å². The third-order valence-corrected chi connectivity index (χ3v) is 4.39. The maximum atomic E-state index is 12.6. The minimum Gasteiger partial charge on any atom is -0.489 e. The van der Waals surface area contributed by atoms with E-state index in [0.29, 0.717) is 25.4 Å². The van der Waals surface area contributed by atoms with E-state index in [9.17, 15) is 4.79 Å². The van der Waals surface area contributed by atoms with Gasteiger partial charge in [0.2, 0.25) is 0 Å². The van der Waals surface area contributed by atoms with Crippen LogP contribution in [-0.2, 0) is 24.6 Å². The van der Waals surface area contributed by atoms with Crippen LogP contribution >= 0.6 is 0 Å². The fraction of sp³-hybridized carbons (Fsp3) is 0.136. The first-order valence-electron chi connectivity index (χ1n) is 8.56. The molecular weight excluding hydrogens is 326 g/mol. The quantitative estimate of drug-likeness (QED) is 0.738. The van der Waals surface area contributed by atoms with Crippen molar-refractivity contribution in [2.75, 3.05) is 5.32 Å². The van der Waals surface area contributed by atoms with E-state index in [4.69, 9.17) is 9.47 Å². The van der Waals surface area contributed by atoms with E-state index in [0.717, 1.165) is 28.1 Å². The Labute approximate surface area is 152 Å². The maximum Gasteiger partial charge on any atom is 0.255 e. The molecule has 1 aliphatic rings. The van der Waals surface area contributed by atoms with Crippen LogP contribution in [0.5, 0.6) is 5.75 Å². The molecule has 4 rings (SSSR count). The van der Waals surface area contributed by atoms with Crippen molar-refractivity contribution in [1.29, 1.82) is 0 Å². The number of fused-ring (bicyclic) bond motifs is 1. The van der Waals surface area contributed by atoms with Crippen molar-refractivity contribution in [1.82, 2.24) is 0 Å². The zero-order chi connectivity index (χ0) is 17.8. The fourth-order valence-electron chi connectivity index (χ4n) is 2.95. The predicted molar refractivity (Wildman–Crippen MR) is 100 cm³/mol. The van der Waals surface area contributed by atoms with Gasteiger partial charge in [0.1, 0.15) is 12.4 Å². The van der Waals surface area contributed by atoms with Gasteiger partial charge in [0.15, 0.2) is 0 Å². The molecule has 1 amide bonds. The highest BCUT2D eigenvalue weighted by Crippen LogP contribution is 2.23. The summed E-state index contributed by atoms with van der Waals surface area (Å²) in [7, 11) is 0. The zero-order valence-electron chi connectivity index (χ0n) is 14.3. The summed E-state index contributed by atoms with van der Waals surface area (Å²) in [5, 5.41) is 2.99. The summed E-state index contributed by atoms with van der Waals surface area (Å²) >= 11 is 0. The molecule has 0 atom stereocenters. The first-order chi connectivity index (χ1) is 12.8. The van der Waals surface area contributed by atoms with Crippen molar-refractivity contribution >= 4 is 11.6 Å². The lowest BCUT2D eigenvalue weighted by Crippen LogP contribution is -2.14. The summed E-state index contributed by atoms with van der Waals surface area (Å²) in [5.74, 6) is 0.666. The molecule has 4 nitrogen and oxygen atoms in total. The molecule has 0 radical (unpaired) electrons. The van der Waals surface area contributed by atoms with E-state index < -0.39 is 0 Å². The number of carbonyl (C=O) groups is 1. The molecule has 3 aromatic rings. The van der Waals surface area contributed by atoms with Gasteiger partial charge in [0.25, 0.3) is 5.91 Å². The lowest BCUT2D eigenvalue weighted by molar-refractivity contribution is 0.102. The third kappa shape index (κ3) is 3.60. The minimum absolute atomic E-state index is 0.133. The first-order valence-corrected chi connectivity index (χ1v) is 8.56. The minimum atomic E-state index is -0.133. The molecule has 4 heteroatoms. The average Bonchev–Trinajstić information content (AvgIpc) is 3.16. The highest BCUT2D eigenvalue weighted by atomic mass is 16.5. The Kier molecular flexibility index (Phi) is 4.67. The maximum absolute atomic E-state index is 12.6. The third-order valence-electron chi connectivity index (χ3n) is 4.39. The lowest BCUT2D eigenvalue weighted by atomic mass is 10.1. The van der Waals surface area contributed by atoms with Crippen molar-refractivity contribution in [3.63, 3.8) is 0 Å². The Bertz CT molecular complexity index is 922. The molecule has 130 valence electrons. The molecule has 0 saturated heterocycles. The largest absolute Gasteiger partial charge is 0.489 e. The molecule has 1 heterocycles. The summed E-state index contributed by atoms with van der Waals surface area (Å²) in [6, 6.07) is 23.0. The van der Waals surface area contributed by atoms with Gasteiger partial charge in [-0.2, -0.15) is 0 Å². The van der Waals surface area contributed by atoms with Gasteiger partial charge in [0.05, 0.1) is 13.2 Å². The lowest BCUT2D eigenvalue weighted by Gasteiger charge is -2.12. The van der Waals surface area contributed by atoms with Gasteiger partial charge in [0, 0.05) is 16.8 Å². The average molecular weight is 345 g/mol. The predicted octanol–water partition coefficient (Wildman–Crippen LogP) is 4.55. The summed E-state index contributed by atoms with van der Waals surface area (Å²) < 4.78 is 11.2. The molecule has 0 bridgehead atoms. The Morgan fingerprint density at radius 3 is 2.58 bits per heavy atom. The van der Waals surface area contributed by atoms with Crippen molar-refractivity contribution in [2.45, 2.75) is 19.8 Å². The molecule has 0 aliphatic carbocycles. The Morgan fingerprint density at radius 2 is 1.69 bits per heavy atom. The van der Waals surface area contributed by atoms with E-state index in [1.807, 2.05) is 72.8 Å². The van der Waals surface area contributed by atoms with Crippen molar-refractivity contribution in [2.24, 2.45) is 0 Å². The van der Waals surface area contributed by atoms with Gasteiger partial charge in [-0.3, -0.25) is 4.79 Å². The molecule has 3 aromatic carbocycles. The number of ether oxygens (including phenoxy) is 2. The SMILES string of the molecule is O=C(Nc1ccccc1COc1ccccc1)c1ccc2c(c1)COC2. The van der Waals surface area contributed by atoms with Crippen LogP contribution < -0.4 is 10.1 Å². The molecule has 1 N–H and O–H groups in total. The molecule has 1 aliphatic heterocycles. The van der Waals surface area contributed by atoms with E-state index in [1.54, 1.807) is 0 Å². The van der Waals surface area contributed by atoms with Crippen molar-refractivity contribution < 1.29 is 14.3 Å². The van der Waals surface area contributed by atoms with Crippen LogP contribution in [0.1, 0.15) is 27.0 Å². The highest BCUT2D eigenvalue weighted by molar-refractivity contribution is 6.04. The second kappa shape index (κ2) is 7.42. The molecule has 0 aromatic heterocycles. The topological polar surface area (TPSA) is 47.6 Å². The molecule has 0 unspecified atom stereocenters. The van der Waals surface area contributed by atoms with Gasteiger partial charge in [-0.1, -0.05) is 42.5 Å². The number of para-hydroxylation sites is 2. The zero-order valence-corrected chi connectivity index (χ0v) is 14.3. The van der Waals surface area contributed by atoms with Gasteiger partial charge < -0.3 is 14.8 Å². The van der Waals surface area contributed by atoms with Gasteiger partial charge in [-0.25, -0.2) is 0 Å². The second-order valence-corrected chi connectivity index (χ2v) is 6.19. The summed E-state index contributed by atoms with van der Waals surface area (Å²) in [6.07, 6.45) is 0. The molecular formula is C22H19NO3. The summed E-state index contributed by atoms with van der Waals surface area (Å²) in [4.78, 5) is 12.6. The number of carbonyl (C=O) groups excluding carboxylic acids is 1. The Hall–Kier alpha value is -3.11. The van der Waals surface area contributed by atoms with E-state index in [-0.39, 0.29) is 5.91 Å². The van der Waals surface area contributed by atoms with Crippen LogP contribution in [0.3, 0.4) is 0 Å². The normalized spacial score (nSPS) is 12.5. The smallest absolute Gasteiger partial charge is 0.255 e. The first kappa shape index (κ1) is 16.4. The Morgan fingerprint density at radius 1 is 0.923 bits per heavy atom. The van der Waals surface area contributed by atoms with E-state index in [2.05, 4.69) is 5.32 Å². The molecule has 0 fully saturated rings. The van der Waals surface area contributed by atoms with Gasteiger partial charge >= 0.3 is 0 Å². The number of benzene rings is 3. The van der Waals surface area contributed by atoms with Crippen LogP contribution in [-0.4, -0.2) is 5.91 Å². The molecule has 0 saturated carbocycles. The van der Waals surface area contributed by atoms with Crippen LogP contribution in [0.4, 0.5) is 5.69 Å². The highest BCUT2D eigenvalue weighted by Gasteiger charge is 2.15. The monoisotopic (exact) mass is 345 g/mol. The molecule has 0 spiro atoms. The van der Waals surface area contributed by atoms with E-state index >= 15 is 0 Å². The Balaban J connectivity index is 1.48. The van der Waals surface area contributed by atoms with Crippen molar-refractivity contribution in [3.05, 3.63) is 95.1 Å². The number of rotatable bonds is 5. The summed E-state index contributed by atoms with van der Waals surface area (Å²) in [5.41, 5.74) is 4.55. The fourth-order valence-corrected chi connectivity index (χ4v) is 2.95. The van der Waals surface area contributed by atoms with Crippen LogP contribution in [0.2, 0.25) is 0 Å².